The van der Waals surface area contributed by atoms with Crippen LogP contribution in [0.5, 0.6) is 0 Å². The molecule has 1 saturated heterocycles. The summed E-state index contributed by atoms with van der Waals surface area (Å²) in [5.74, 6) is 1.16. The molecule has 1 aromatic heterocycles. The number of carbonyl (C=O) groups is 1. The molecule has 1 amide bonds. The number of aromatic nitrogens is 2. The van der Waals surface area contributed by atoms with Crippen molar-refractivity contribution in [2.45, 2.75) is 44.6 Å². The third kappa shape index (κ3) is 3.50. The van der Waals surface area contributed by atoms with Crippen LogP contribution in [0, 0.1) is 5.92 Å². The zero-order valence-corrected chi connectivity index (χ0v) is 13.1. The van der Waals surface area contributed by atoms with Gasteiger partial charge in [-0.05, 0) is 25.7 Å². The summed E-state index contributed by atoms with van der Waals surface area (Å²) in [7, 11) is 0. The summed E-state index contributed by atoms with van der Waals surface area (Å²) in [5, 5.41) is 16.5. The summed E-state index contributed by atoms with van der Waals surface area (Å²) in [6.45, 7) is 2.91. The van der Waals surface area contributed by atoms with Gasteiger partial charge in [0.05, 0.1) is 18.8 Å². The largest absolute Gasteiger partial charge is 0.395 e. The van der Waals surface area contributed by atoms with Gasteiger partial charge in [-0.1, -0.05) is 12.8 Å². The molecule has 6 nitrogen and oxygen atoms in total. The normalized spacial score (nSPS) is 21.3. The van der Waals surface area contributed by atoms with Crippen LogP contribution in [-0.4, -0.2) is 51.9 Å². The average molecular weight is 306 g/mol. The molecule has 0 spiro atoms. The van der Waals surface area contributed by atoms with E-state index in [0.717, 1.165) is 51.1 Å². The molecule has 0 radical (unpaired) electrons. The van der Waals surface area contributed by atoms with Gasteiger partial charge in [0, 0.05) is 31.6 Å². The van der Waals surface area contributed by atoms with E-state index in [1.807, 2.05) is 10.7 Å². The van der Waals surface area contributed by atoms with Crippen LogP contribution in [0.1, 0.15) is 44.6 Å². The zero-order chi connectivity index (χ0) is 15.4. The second-order valence-corrected chi connectivity index (χ2v) is 6.43. The van der Waals surface area contributed by atoms with Gasteiger partial charge in [0.2, 0.25) is 5.91 Å². The van der Waals surface area contributed by atoms with E-state index in [2.05, 4.69) is 15.3 Å². The molecule has 22 heavy (non-hydrogen) atoms. The molecular weight excluding hydrogens is 280 g/mol. The number of hydrogen-bond acceptors (Lipinski definition) is 4. The van der Waals surface area contributed by atoms with Gasteiger partial charge < -0.3 is 15.3 Å². The Morgan fingerprint density at radius 3 is 2.68 bits per heavy atom. The number of aliphatic hydroxyl groups excluding tert-OH is 1. The first-order chi connectivity index (χ1) is 10.8. The number of likely N-dealkylation sites (tertiary alicyclic amines) is 1. The number of anilines is 1. The van der Waals surface area contributed by atoms with Crippen molar-refractivity contribution in [1.29, 1.82) is 0 Å². The molecule has 2 N–H and O–H groups in total. The minimum atomic E-state index is 0.150. The molecule has 1 saturated carbocycles. The fourth-order valence-electron chi connectivity index (χ4n) is 3.65. The maximum atomic E-state index is 12.3. The fourth-order valence-corrected chi connectivity index (χ4v) is 3.65. The van der Waals surface area contributed by atoms with Crippen molar-refractivity contribution >= 4 is 11.7 Å². The van der Waals surface area contributed by atoms with Gasteiger partial charge in [-0.15, -0.1) is 0 Å². The smallest absolute Gasteiger partial charge is 0.228 e. The number of β-amino-alcohol motifs (C(OH)–C–C–N with tert-alkyl or cyclic N) is 1. The molecule has 6 heteroatoms. The highest BCUT2D eigenvalue weighted by atomic mass is 16.3. The van der Waals surface area contributed by atoms with Crippen molar-refractivity contribution in [1.82, 2.24) is 14.7 Å². The second-order valence-electron chi connectivity index (χ2n) is 6.43. The molecule has 0 unspecified atom stereocenters. The summed E-state index contributed by atoms with van der Waals surface area (Å²) in [6.07, 6.45) is 8.15. The lowest BCUT2D eigenvalue weighted by atomic mass is 10.1. The van der Waals surface area contributed by atoms with E-state index in [1.54, 1.807) is 6.20 Å². The highest BCUT2D eigenvalue weighted by molar-refractivity contribution is 5.91. The van der Waals surface area contributed by atoms with Crippen LogP contribution in [0.4, 0.5) is 5.82 Å². The van der Waals surface area contributed by atoms with Crippen LogP contribution in [-0.2, 0) is 4.79 Å². The van der Waals surface area contributed by atoms with Crippen molar-refractivity contribution in [3.63, 3.8) is 0 Å². The maximum absolute atomic E-state index is 12.3. The molecule has 0 aromatic carbocycles. The molecule has 122 valence electrons. The second kappa shape index (κ2) is 7.24. The van der Waals surface area contributed by atoms with Gasteiger partial charge in [0.15, 0.2) is 0 Å². The number of piperidine rings is 1. The highest BCUT2D eigenvalue weighted by Gasteiger charge is 2.26. The summed E-state index contributed by atoms with van der Waals surface area (Å²) in [4.78, 5) is 14.6. The molecule has 1 aliphatic carbocycles. The Labute approximate surface area is 131 Å². The number of carbonyl (C=O) groups excluding carboxylic acids is 1. The molecular formula is C16H26N4O2. The Kier molecular flexibility index (Phi) is 5.10. The van der Waals surface area contributed by atoms with Crippen LogP contribution >= 0.6 is 0 Å². The third-order valence-electron chi connectivity index (χ3n) is 4.97. The van der Waals surface area contributed by atoms with Crippen LogP contribution < -0.4 is 5.32 Å². The zero-order valence-electron chi connectivity index (χ0n) is 13.1. The molecule has 2 heterocycles. The van der Waals surface area contributed by atoms with Gasteiger partial charge >= 0.3 is 0 Å². The molecule has 2 aliphatic rings. The molecule has 0 atom stereocenters. The van der Waals surface area contributed by atoms with Crippen LogP contribution in [0.15, 0.2) is 12.3 Å². The van der Waals surface area contributed by atoms with Crippen LogP contribution in [0.25, 0.3) is 0 Å². The Morgan fingerprint density at radius 2 is 2.00 bits per heavy atom. The van der Waals surface area contributed by atoms with E-state index in [-0.39, 0.29) is 18.4 Å². The first kappa shape index (κ1) is 15.5. The maximum Gasteiger partial charge on any atom is 0.228 e. The van der Waals surface area contributed by atoms with Crippen molar-refractivity contribution in [2.75, 3.05) is 31.6 Å². The minimum Gasteiger partial charge on any atom is -0.395 e. The first-order valence-electron chi connectivity index (χ1n) is 8.45. The van der Waals surface area contributed by atoms with Gasteiger partial charge in [-0.25, -0.2) is 4.68 Å². The fraction of sp³-hybridized carbons (Fsp3) is 0.750. The Hall–Kier alpha value is -1.40. The van der Waals surface area contributed by atoms with E-state index in [4.69, 9.17) is 5.11 Å². The highest BCUT2D eigenvalue weighted by Crippen LogP contribution is 2.28. The summed E-state index contributed by atoms with van der Waals surface area (Å²) < 4.78 is 1.98. The third-order valence-corrected chi connectivity index (χ3v) is 4.97. The van der Waals surface area contributed by atoms with Crippen LogP contribution in [0.3, 0.4) is 0 Å². The lowest BCUT2D eigenvalue weighted by Gasteiger charge is -2.32. The number of nitrogens with zero attached hydrogens (tertiary/aromatic N) is 3. The quantitative estimate of drug-likeness (QED) is 0.867. The van der Waals surface area contributed by atoms with E-state index in [9.17, 15) is 4.79 Å². The molecule has 1 aromatic rings. The predicted octanol–water partition coefficient (Wildman–Crippen LogP) is 1.64. The lowest BCUT2D eigenvalue weighted by Crippen LogP contribution is -2.37. The monoisotopic (exact) mass is 306 g/mol. The SMILES string of the molecule is O=C(Nc1ccnn1C1CCN(CCO)CC1)C1CCCC1. The van der Waals surface area contributed by atoms with Gasteiger partial charge in [0.25, 0.3) is 0 Å². The summed E-state index contributed by atoms with van der Waals surface area (Å²) in [6, 6.07) is 2.23. The minimum absolute atomic E-state index is 0.150. The van der Waals surface area contributed by atoms with E-state index >= 15 is 0 Å². The number of amides is 1. The van der Waals surface area contributed by atoms with Gasteiger partial charge in [0.1, 0.15) is 5.82 Å². The molecule has 1 aliphatic heterocycles. The first-order valence-corrected chi connectivity index (χ1v) is 8.45. The van der Waals surface area contributed by atoms with Gasteiger partial charge in [-0.3, -0.25) is 4.79 Å². The lowest BCUT2D eigenvalue weighted by molar-refractivity contribution is -0.119. The molecule has 2 fully saturated rings. The van der Waals surface area contributed by atoms with Crippen molar-refractivity contribution in [2.24, 2.45) is 5.92 Å². The van der Waals surface area contributed by atoms with Crippen molar-refractivity contribution in [3.05, 3.63) is 12.3 Å². The number of rotatable bonds is 5. The number of aliphatic hydroxyl groups is 1. The average Bonchev–Trinajstić information content (AvgIpc) is 3.19. The van der Waals surface area contributed by atoms with E-state index in [0.29, 0.717) is 6.04 Å². The number of nitrogens with one attached hydrogen (secondary N) is 1. The topological polar surface area (TPSA) is 70.4 Å². The Balaban J connectivity index is 1.59. The predicted molar refractivity (Wildman–Crippen MR) is 84.6 cm³/mol. The molecule has 0 bridgehead atoms. The van der Waals surface area contributed by atoms with Crippen molar-refractivity contribution in [3.8, 4) is 0 Å². The van der Waals surface area contributed by atoms with Crippen LogP contribution in [0.2, 0.25) is 0 Å². The Bertz CT molecular complexity index is 488. The number of hydrogen-bond donors (Lipinski definition) is 2. The Morgan fingerprint density at radius 1 is 1.27 bits per heavy atom. The summed E-state index contributed by atoms with van der Waals surface area (Å²) in [5.41, 5.74) is 0. The van der Waals surface area contributed by atoms with Gasteiger partial charge in [-0.2, -0.15) is 5.10 Å². The summed E-state index contributed by atoms with van der Waals surface area (Å²) >= 11 is 0. The van der Waals surface area contributed by atoms with Crippen molar-refractivity contribution < 1.29 is 9.90 Å². The van der Waals surface area contributed by atoms with E-state index < -0.39 is 0 Å². The standard InChI is InChI=1S/C16H26N4O2/c21-12-11-19-9-6-14(7-10-19)20-15(5-8-17-20)18-16(22)13-3-1-2-4-13/h5,8,13-14,21H,1-4,6-7,9-12H2,(H,18,22). The van der Waals surface area contributed by atoms with E-state index in [1.165, 1.54) is 12.8 Å². The molecule has 3 rings (SSSR count).